The molecule has 0 bridgehead atoms. The molecule has 2 aromatic rings. The third kappa shape index (κ3) is 2.45. The molecule has 0 unspecified atom stereocenters. The van der Waals surface area contributed by atoms with Crippen LogP contribution in [0.1, 0.15) is 0 Å². The van der Waals surface area contributed by atoms with Gasteiger partial charge in [0.15, 0.2) is 0 Å². The summed E-state index contributed by atoms with van der Waals surface area (Å²) in [4.78, 5) is 3.81. The van der Waals surface area contributed by atoms with Gasteiger partial charge < -0.3 is 4.74 Å². The van der Waals surface area contributed by atoms with Crippen LogP contribution in [-0.4, -0.2) is 18.3 Å². The van der Waals surface area contributed by atoms with Crippen molar-refractivity contribution >= 4 is 28.2 Å². The van der Waals surface area contributed by atoms with Crippen molar-refractivity contribution in [3.8, 4) is 5.75 Å². The summed E-state index contributed by atoms with van der Waals surface area (Å²) in [7, 11) is 0. The van der Waals surface area contributed by atoms with Gasteiger partial charge in [-0.1, -0.05) is 36.4 Å². The minimum Gasteiger partial charge on any atom is -0.491 e. The van der Waals surface area contributed by atoms with Gasteiger partial charge in [0.25, 0.3) is 0 Å². The Balaban J connectivity index is 2.20. The Bertz CT molecular complexity index is 527. The Morgan fingerprint density at radius 2 is 1.94 bits per heavy atom. The Hall–Kier alpha value is -1.70. The number of isothiocyanates is 1. The Kier molecular flexibility index (Phi) is 3.65. The number of fused-ring (bicyclic) bond motifs is 1. The highest BCUT2D eigenvalue weighted by Crippen LogP contribution is 2.24. The van der Waals surface area contributed by atoms with Gasteiger partial charge in [-0.05, 0) is 23.7 Å². The lowest BCUT2D eigenvalue weighted by molar-refractivity contribution is 0.333. The lowest BCUT2D eigenvalue weighted by atomic mass is 10.1. The van der Waals surface area contributed by atoms with Crippen molar-refractivity contribution < 1.29 is 4.74 Å². The Labute approximate surface area is 99.6 Å². The van der Waals surface area contributed by atoms with E-state index in [1.807, 2.05) is 30.3 Å². The van der Waals surface area contributed by atoms with Crippen molar-refractivity contribution in [2.45, 2.75) is 0 Å². The average molecular weight is 229 g/mol. The highest BCUT2D eigenvalue weighted by atomic mass is 32.1. The number of benzene rings is 2. The molecular formula is C13H11NOS. The molecule has 0 aliphatic heterocycles. The number of nitrogens with zero attached hydrogens (tertiary/aromatic N) is 1. The fraction of sp³-hybridized carbons (Fsp3) is 0.154. The molecule has 2 nitrogen and oxygen atoms in total. The third-order valence-electron chi connectivity index (χ3n) is 2.27. The molecular weight excluding hydrogens is 218 g/mol. The van der Waals surface area contributed by atoms with Gasteiger partial charge in [0.1, 0.15) is 12.4 Å². The molecule has 0 fully saturated rings. The zero-order chi connectivity index (χ0) is 11.2. The predicted octanol–water partition coefficient (Wildman–Crippen LogP) is 3.32. The molecule has 0 spiro atoms. The van der Waals surface area contributed by atoms with Gasteiger partial charge in [-0.25, -0.2) is 4.99 Å². The van der Waals surface area contributed by atoms with E-state index >= 15 is 0 Å². The lowest BCUT2D eigenvalue weighted by Gasteiger charge is -2.07. The molecule has 0 aromatic heterocycles. The molecule has 80 valence electrons. The van der Waals surface area contributed by atoms with Crippen LogP contribution >= 0.6 is 12.2 Å². The lowest BCUT2D eigenvalue weighted by Crippen LogP contribution is -2.00. The first-order valence-corrected chi connectivity index (χ1v) is 5.47. The summed E-state index contributed by atoms with van der Waals surface area (Å²) in [6.07, 6.45) is 0. The van der Waals surface area contributed by atoms with Crippen molar-refractivity contribution in [3.05, 3.63) is 42.5 Å². The van der Waals surface area contributed by atoms with E-state index in [0.29, 0.717) is 13.2 Å². The topological polar surface area (TPSA) is 21.6 Å². The molecule has 0 amide bonds. The Morgan fingerprint density at radius 3 is 2.81 bits per heavy atom. The maximum absolute atomic E-state index is 5.64. The zero-order valence-corrected chi connectivity index (χ0v) is 9.54. The maximum atomic E-state index is 5.64. The van der Waals surface area contributed by atoms with Crippen molar-refractivity contribution in [2.24, 2.45) is 4.99 Å². The van der Waals surface area contributed by atoms with E-state index in [1.165, 1.54) is 5.39 Å². The summed E-state index contributed by atoms with van der Waals surface area (Å²) < 4.78 is 5.64. The van der Waals surface area contributed by atoms with Crippen LogP contribution in [0.3, 0.4) is 0 Å². The fourth-order valence-electron chi connectivity index (χ4n) is 1.57. The summed E-state index contributed by atoms with van der Waals surface area (Å²) >= 11 is 4.49. The first-order chi connectivity index (χ1) is 7.92. The van der Waals surface area contributed by atoms with E-state index in [-0.39, 0.29) is 0 Å². The minimum absolute atomic E-state index is 0.525. The summed E-state index contributed by atoms with van der Waals surface area (Å²) in [6, 6.07) is 14.2. The summed E-state index contributed by atoms with van der Waals surface area (Å²) in [5, 5.41) is 4.62. The molecule has 0 radical (unpaired) electrons. The SMILES string of the molecule is S=C=NCCOc1cccc2ccccc12. The van der Waals surface area contributed by atoms with E-state index in [4.69, 9.17) is 4.74 Å². The largest absolute Gasteiger partial charge is 0.491 e. The monoisotopic (exact) mass is 229 g/mol. The van der Waals surface area contributed by atoms with Crippen LogP contribution in [0.15, 0.2) is 47.5 Å². The standard InChI is InChI=1S/C13H11NOS/c16-10-14-8-9-15-13-7-3-5-11-4-1-2-6-12(11)13/h1-7H,8-9H2. The van der Waals surface area contributed by atoms with Crippen LogP contribution in [0.2, 0.25) is 0 Å². The number of ether oxygens (including phenoxy) is 1. The number of rotatable bonds is 4. The van der Waals surface area contributed by atoms with E-state index < -0.39 is 0 Å². The highest BCUT2D eigenvalue weighted by Gasteiger charge is 1.99. The first kappa shape index (κ1) is 10.8. The molecule has 2 aromatic carbocycles. The van der Waals surface area contributed by atoms with E-state index in [2.05, 4.69) is 34.5 Å². The molecule has 16 heavy (non-hydrogen) atoms. The fourth-order valence-corrected chi connectivity index (χ4v) is 1.66. The quantitative estimate of drug-likeness (QED) is 0.455. The van der Waals surface area contributed by atoms with E-state index in [1.54, 1.807) is 0 Å². The Morgan fingerprint density at radius 1 is 1.12 bits per heavy atom. The number of hydrogen-bond donors (Lipinski definition) is 0. The third-order valence-corrected chi connectivity index (χ3v) is 2.40. The van der Waals surface area contributed by atoms with E-state index in [0.717, 1.165) is 11.1 Å². The van der Waals surface area contributed by atoms with Crippen LogP contribution in [0.5, 0.6) is 5.75 Å². The van der Waals surface area contributed by atoms with Crippen LogP contribution in [-0.2, 0) is 0 Å². The average Bonchev–Trinajstić information content (AvgIpc) is 2.35. The van der Waals surface area contributed by atoms with Crippen LogP contribution in [0.4, 0.5) is 0 Å². The summed E-state index contributed by atoms with van der Waals surface area (Å²) in [6.45, 7) is 1.07. The second-order valence-electron chi connectivity index (χ2n) is 3.30. The number of aliphatic imine (C=N–C) groups is 1. The van der Waals surface area contributed by atoms with Gasteiger partial charge in [0, 0.05) is 5.39 Å². The highest BCUT2D eigenvalue weighted by molar-refractivity contribution is 7.78. The minimum atomic E-state index is 0.525. The second kappa shape index (κ2) is 5.40. The van der Waals surface area contributed by atoms with Crippen LogP contribution < -0.4 is 4.74 Å². The van der Waals surface area contributed by atoms with Gasteiger partial charge in [0.05, 0.1) is 11.7 Å². The summed E-state index contributed by atoms with van der Waals surface area (Å²) in [5.41, 5.74) is 0. The van der Waals surface area contributed by atoms with Crippen molar-refractivity contribution in [1.29, 1.82) is 0 Å². The van der Waals surface area contributed by atoms with Crippen molar-refractivity contribution in [1.82, 2.24) is 0 Å². The molecule has 0 atom stereocenters. The molecule has 3 heteroatoms. The molecule has 0 N–H and O–H groups in total. The van der Waals surface area contributed by atoms with Gasteiger partial charge >= 0.3 is 0 Å². The van der Waals surface area contributed by atoms with Crippen molar-refractivity contribution in [3.63, 3.8) is 0 Å². The number of thiocarbonyl (C=S) groups is 1. The predicted molar refractivity (Wildman–Crippen MR) is 69.3 cm³/mol. The smallest absolute Gasteiger partial charge is 0.127 e. The van der Waals surface area contributed by atoms with Crippen LogP contribution in [0.25, 0.3) is 10.8 Å². The molecule has 0 heterocycles. The van der Waals surface area contributed by atoms with Crippen molar-refractivity contribution in [2.75, 3.05) is 13.2 Å². The molecule has 0 aliphatic carbocycles. The molecule has 0 saturated carbocycles. The molecule has 0 saturated heterocycles. The zero-order valence-electron chi connectivity index (χ0n) is 8.72. The van der Waals surface area contributed by atoms with Gasteiger partial charge in [-0.2, -0.15) is 0 Å². The maximum Gasteiger partial charge on any atom is 0.127 e. The second-order valence-corrected chi connectivity index (χ2v) is 3.48. The van der Waals surface area contributed by atoms with Gasteiger partial charge in [-0.3, -0.25) is 0 Å². The first-order valence-electron chi connectivity index (χ1n) is 5.06. The number of hydrogen-bond acceptors (Lipinski definition) is 3. The normalized spacial score (nSPS) is 9.75. The van der Waals surface area contributed by atoms with Gasteiger partial charge in [-0.15, -0.1) is 0 Å². The van der Waals surface area contributed by atoms with Gasteiger partial charge in [0.2, 0.25) is 0 Å². The molecule has 2 rings (SSSR count). The van der Waals surface area contributed by atoms with Crippen LogP contribution in [0, 0.1) is 0 Å². The van der Waals surface area contributed by atoms with E-state index in [9.17, 15) is 0 Å². The molecule has 0 aliphatic rings. The summed E-state index contributed by atoms with van der Waals surface area (Å²) in [5.74, 6) is 0.887.